The van der Waals surface area contributed by atoms with Crippen molar-refractivity contribution in [2.24, 2.45) is 5.92 Å². The van der Waals surface area contributed by atoms with Crippen molar-refractivity contribution >= 4 is 41.6 Å². The number of hydrogen-bond acceptors (Lipinski definition) is 3. The summed E-state index contributed by atoms with van der Waals surface area (Å²) in [5, 5.41) is 12.2. The molecule has 0 aromatic heterocycles. The first-order valence-corrected chi connectivity index (χ1v) is 8.94. The molecule has 2 unspecified atom stereocenters. The van der Waals surface area contributed by atoms with Crippen LogP contribution in [0.3, 0.4) is 0 Å². The van der Waals surface area contributed by atoms with E-state index in [4.69, 9.17) is 11.6 Å². The Labute approximate surface area is 166 Å². The third-order valence-electron chi connectivity index (χ3n) is 4.10. The molecule has 0 saturated carbocycles. The highest BCUT2D eigenvalue weighted by atomic mass is 35.5. The number of benzene rings is 1. The van der Waals surface area contributed by atoms with Gasteiger partial charge >= 0.3 is 6.03 Å². The van der Waals surface area contributed by atoms with Crippen LogP contribution >= 0.6 is 24.0 Å². The first-order valence-electron chi connectivity index (χ1n) is 8.56. The van der Waals surface area contributed by atoms with Crippen LogP contribution in [0.5, 0.6) is 0 Å². The van der Waals surface area contributed by atoms with E-state index in [1.807, 2.05) is 20.8 Å². The number of amides is 3. The molecule has 0 radical (unpaired) electrons. The first kappa shape index (κ1) is 22.5. The van der Waals surface area contributed by atoms with Gasteiger partial charge in [-0.1, -0.05) is 18.5 Å². The van der Waals surface area contributed by atoms with Gasteiger partial charge < -0.3 is 21.3 Å². The number of urea groups is 1. The second-order valence-corrected chi connectivity index (χ2v) is 7.98. The number of halogens is 2. The van der Waals surface area contributed by atoms with Gasteiger partial charge in [0.2, 0.25) is 0 Å². The molecule has 1 saturated heterocycles. The summed E-state index contributed by atoms with van der Waals surface area (Å²) < 4.78 is 0. The lowest BCUT2D eigenvalue weighted by atomic mass is 9.94. The number of nitrogens with one attached hydrogen (secondary N) is 4. The lowest BCUT2D eigenvalue weighted by molar-refractivity contribution is 0.0915. The monoisotopic (exact) mass is 402 g/mol. The van der Waals surface area contributed by atoms with Crippen molar-refractivity contribution < 1.29 is 9.59 Å². The minimum atomic E-state index is -0.346. The van der Waals surface area contributed by atoms with Crippen molar-refractivity contribution in [2.45, 2.75) is 45.7 Å². The molecule has 2 atom stereocenters. The van der Waals surface area contributed by atoms with E-state index >= 15 is 0 Å². The summed E-state index contributed by atoms with van der Waals surface area (Å²) in [6.45, 7) is 9.53. The van der Waals surface area contributed by atoms with E-state index in [1.165, 1.54) is 0 Å². The van der Waals surface area contributed by atoms with Gasteiger partial charge in [-0.05, 0) is 57.9 Å². The molecule has 8 heteroatoms. The van der Waals surface area contributed by atoms with E-state index in [0.717, 1.165) is 19.5 Å². The zero-order valence-corrected chi connectivity index (χ0v) is 17.2. The number of carbonyl (C=O) groups is 2. The summed E-state index contributed by atoms with van der Waals surface area (Å²) in [5.74, 6) is 0.174. The lowest BCUT2D eigenvalue weighted by Gasteiger charge is -2.30. The molecule has 0 aliphatic carbocycles. The molecule has 1 aliphatic heterocycles. The second-order valence-electron chi connectivity index (χ2n) is 7.57. The van der Waals surface area contributed by atoms with Crippen LogP contribution < -0.4 is 21.3 Å². The number of piperidine rings is 1. The Kier molecular flexibility index (Phi) is 8.18. The molecule has 1 heterocycles. The summed E-state index contributed by atoms with van der Waals surface area (Å²) in [5.41, 5.74) is 0.528. The van der Waals surface area contributed by atoms with E-state index in [0.29, 0.717) is 22.2 Å². The molecule has 1 aliphatic rings. The SMILES string of the molecule is CC1CCNCC1NC(=O)c1cc(NC(=O)NC(C)(C)C)ccc1Cl.Cl. The minimum absolute atomic E-state index is 0. The number of hydrogen-bond donors (Lipinski definition) is 4. The number of rotatable bonds is 3. The van der Waals surface area contributed by atoms with Crippen molar-refractivity contribution in [1.82, 2.24) is 16.0 Å². The molecule has 1 aromatic carbocycles. The number of carbonyl (C=O) groups excluding carboxylic acids is 2. The predicted molar refractivity (Wildman–Crippen MR) is 109 cm³/mol. The van der Waals surface area contributed by atoms with Gasteiger partial charge in [0.05, 0.1) is 10.6 Å². The summed E-state index contributed by atoms with van der Waals surface area (Å²) in [7, 11) is 0. The van der Waals surface area contributed by atoms with Crippen molar-refractivity contribution in [3.8, 4) is 0 Å². The van der Waals surface area contributed by atoms with Crippen molar-refractivity contribution in [3.05, 3.63) is 28.8 Å². The van der Waals surface area contributed by atoms with Crippen LogP contribution in [-0.4, -0.2) is 36.6 Å². The Bertz CT molecular complexity index is 647. The fourth-order valence-electron chi connectivity index (χ4n) is 2.71. The van der Waals surface area contributed by atoms with Crippen LogP contribution in [0.4, 0.5) is 10.5 Å². The maximum absolute atomic E-state index is 12.6. The van der Waals surface area contributed by atoms with Gasteiger partial charge in [-0.25, -0.2) is 4.79 Å². The quantitative estimate of drug-likeness (QED) is 0.624. The van der Waals surface area contributed by atoms with Gasteiger partial charge in [0.15, 0.2) is 0 Å². The topological polar surface area (TPSA) is 82.3 Å². The van der Waals surface area contributed by atoms with E-state index in [-0.39, 0.29) is 35.9 Å². The maximum Gasteiger partial charge on any atom is 0.319 e. The van der Waals surface area contributed by atoms with Crippen LogP contribution in [0.2, 0.25) is 5.02 Å². The third kappa shape index (κ3) is 6.67. The lowest BCUT2D eigenvalue weighted by Crippen LogP contribution is -2.50. The molecule has 4 N–H and O–H groups in total. The van der Waals surface area contributed by atoms with Gasteiger partial charge in [-0.15, -0.1) is 12.4 Å². The van der Waals surface area contributed by atoms with Gasteiger partial charge in [0.1, 0.15) is 0 Å². The van der Waals surface area contributed by atoms with E-state index in [2.05, 4.69) is 28.2 Å². The van der Waals surface area contributed by atoms with Gasteiger partial charge in [-0.2, -0.15) is 0 Å². The minimum Gasteiger partial charge on any atom is -0.348 e. The van der Waals surface area contributed by atoms with Gasteiger partial charge in [0, 0.05) is 23.8 Å². The van der Waals surface area contributed by atoms with Gasteiger partial charge in [-0.3, -0.25) is 4.79 Å². The fraction of sp³-hybridized carbons (Fsp3) is 0.556. The second kappa shape index (κ2) is 9.44. The molecule has 2 rings (SSSR count). The van der Waals surface area contributed by atoms with Crippen molar-refractivity contribution in [2.75, 3.05) is 18.4 Å². The molecule has 6 nitrogen and oxygen atoms in total. The smallest absolute Gasteiger partial charge is 0.319 e. The molecular weight excluding hydrogens is 375 g/mol. The highest BCUT2D eigenvalue weighted by Gasteiger charge is 2.24. The third-order valence-corrected chi connectivity index (χ3v) is 4.43. The summed E-state index contributed by atoms with van der Waals surface area (Å²) in [6.07, 6.45) is 1.02. The van der Waals surface area contributed by atoms with Crippen LogP contribution in [0, 0.1) is 5.92 Å². The van der Waals surface area contributed by atoms with Crippen LogP contribution in [0.25, 0.3) is 0 Å². The van der Waals surface area contributed by atoms with Crippen LogP contribution in [-0.2, 0) is 0 Å². The molecule has 26 heavy (non-hydrogen) atoms. The summed E-state index contributed by atoms with van der Waals surface area (Å²) >= 11 is 6.18. The van der Waals surface area contributed by atoms with Crippen molar-refractivity contribution in [3.63, 3.8) is 0 Å². The molecule has 1 aromatic rings. The molecule has 0 spiro atoms. The molecule has 0 bridgehead atoms. The van der Waals surface area contributed by atoms with E-state index in [9.17, 15) is 9.59 Å². The highest BCUT2D eigenvalue weighted by Crippen LogP contribution is 2.22. The Morgan fingerprint density at radius 2 is 1.96 bits per heavy atom. The van der Waals surface area contributed by atoms with Crippen LogP contribution in [0.1, 0.15) is 44.5 Å². The molecular formula is C18H28Cl2N4O2. The maximum atomic E-state index is 12.6. The van der Waals surface area contributed by atoms with E-state index < -0.39 is 0 Å². The summed E-state index contributed by atoms with van der Waals surface area (Å²) in [6, 6.07) is 4.63. The average Bonchev–Trinajstić information content (AvgIpc) is 2.49. The Hall–Kier alpha value is -1.50. The number of anilines is 1. The Morgan fingerprint density at radius 1 is 1.27 bits per heavy atom. The first-order chi connectivity index (χ1) is 11.7. The average molecular weight is 403 g/mol. The van der Waals surface area contributed by atoms with Gasteiger partial charge in [0.25, 0.3) is 5.91 Å². The predicted octanol–water partition coefficient (Wildman–Crippen LogP) is 3.41. The van der Waals surface area contributed by atoms with E-state index in [1.54, 1.807) is 18.2 Å². The Balaban J connectivity index is 0.00000338. The zero-order valence-electron chi connectivity index (χ0n) is 15.6. The molecule has 146 valence electrons. The zero-order chi connectivity index (χ0) is 18.6. The fourth-order valence-corrected chi connectivity index (χ4v) is 2.91. The standard InChI is InChI=1S/C18H27ClN4O2.ClH/c1-11-7-8-20-10-15(11)22-16(24)13-9-12(5-6-14(13)19)21-17(25)23-18(2,3)4;/h5-6,9,11,15,20H,7-8,10H2,1-4H3,(H,22,24)(H2,21,23,25);1H. The molecule has 3 amide bonds. The van der Waals surface area contributed by atoms with Crippen molar-refractivity contribution in [1.29, 1.82) is 0 Å². The largest absolute Gasteiger partial charge is 0.348 e. The molecule has 1 fully saturated rings. The summed E-state index contributed by atoms with van der Waals surface area (Å²) in [4.78, 5) is 24.6. The highest BCUT2D eigenvalue weighted by molar-refractivity contribution is 6.34. The normalized spacial score (nSPS) is 19.9. The Morgan fingerprint density at radius 3 is 2.58 bits per heavy atom. The van der Waals surface area contributed by atoms with Crippen LogP contribution in [0.15, 0.2) is 18.2 Å².